The number of nitrogens with one attached hydrogen (secondary N) is 2. The average Bonchev–Trinajstić information content (AvgIpc) is 3.32. The summed E-state index contributed by atoms with van der Waals surface area (Å²) in [5, 5.41) is 10.1. The van der Waals surface area contributed by atoms with Crippen LogP contribution in [0, 0.1) is 0 Å². The third-order valence-electron chi connectivity index (χ3n) is 4.48. The minimum absolute atomic E-state index is 0.550. The highest BCUT2D eigenvalue weighted by molar-refractivity contribution is 5.79. The Bertz CT molecular complexity index is 925. The van der Waals surface area contributed by atoms with Crippen LogP contribution in [-0.2, 0) is 6.54 Å². The molecule has 3 aromatic rings. The molecular weight excluding hydrogens is 380 g/mol. The van der Waals surface area contributed by atoms with Crippen LogP contribution in [0.5, 0.6) is 11.5 Å². The fourth-order valence-corrected chi connectivity index (χ4v) is 2.88. The predicted molar refractivity (Wildman–Crippen MR) is 118 cm³/mol. The second kappa shape index (κ2) is 10.8. The average molecular weight is 409 g/mol. The molecular formula is C22H28N6O2. The summed E-state index contributed by atoms with van der Waals surface area (Å²) >= 11 is 0. The van der Waals surface area contributed by atoms with Gasteiger partial charge in [0.1, 0.15) is 24.4 Å². The number of likely N-dealkylation sites (N-methyl/N-ethyl adjacent to an activating group) is 1. The minimum atomic E-state index is 0.550. The summed E-state index contributed by atoms with van der Waals surface area (Å²) in [5.74, 6) is 3.21. The third kappa shape index (κ3) is 5.97. The Hall–Kier alpha value is -3.55. The fraction of sp³-hybridized carbons (Fsp3) is 0.318. The number of nitrogens with zero attached hydrogens (tertiary/aromatic N) is 4. The number of guanidine groups is 1. The van der Waals surface area contributed by atoms with Gasteiger partial charge in [-0.1, -0.05) is 18.2 Å². The predicted octanol–water partition coefficient (Wildman–Crippen LogP) is 2.96. The monoisotopic (exact) mass is 408 g/mol. The van der Waals surface area contributed by atoms with E-state index in [1.807, 2.05) is 43.4 Å². The standard InChI is InChI=1S/C22H28N6O2/c1-4-23-22(28(2)12-13-30-20-10-8-19(29-3)9-11-20)24-15-17-6-5-7-18(14-17)21-25-16-26-27-21/h5-11,14,16H,4,12-13,15H2,1-3H3,(H,23,24)(H,25,26,27). The summed E-state index contributed by atoms with van der Waals surface area (Å²) in [7, 11) is 3.65. The quantitative estimate of drug-likeness (QED) is 0.418. The zero-order valence-electron chi connectivity index (χ0n) is 17.6. The smallest absolute Gasteiger partial charge is 0.194 e. The highest BCUT2D eigenvalue weighted by Gasteiger charge is 2.07. The SMILES string of the molecule is CCNC(=NCc1cccc(-c2ncn[nH]2)c1)N(C)CCOc1ccc(OC)cc1. The van der Waals surface area contributed by atoms with Crippen LogP contribution in [0.15, 0.2) is 59.9 Å². The van der Waals surface area contributed by atoms with E-state index in [1.165, 1.54) is 6.33 Å². The Morgan fingerprint density at radius 3 is 2.67 bits per heavy atom. The highest BCUT2D eigenvalue weighted by atomic mass is 16.5. The molecule has 2 N–H and O–H groups in total. The van der Waals surface area contributed by atoms with Crippen LogP contribution >= 0.6 is 0 Å². The highest BCUT2D eigenvalue weighted by Crippen LogP contribution is 2.17. The molecule has 8 nitrogen and oxygen atoms in total. The lowest BCUT2D eigenvalue weighted by Gasteiger charge is -2.22. The number of rotatable bonds is 9. The molecule has 0 atom stereocenters. The lowest BCUT2D eigenvalue weighted by molar-refractivity contribution is 0.281. The maximum absolute atomic E-state index is 5.83. The van der Waals surface area contributed by atoms with Crippen molar-refractivity contribution in [1.29, 1.82) is 0 Å². The molecule has 1 aromatic heterocycles. The van der Waals surface area contributed by atoms with Crippen molar-refractivity contribution in [3.05, 3.63) is 60.4 Å². The number of hydrogen-bond donors (Lipinski definition) is 2. The molecule has 0 aliphatic heterocycles. The summed E-state index contributed by atoms with van der Waals surface area (Å²) in [4.78, 5) is 11.0. The molecule has 0 aliphatic rings. The normalized spacial score (nSPS) is 11.2. The Labute approximate surface area is 177 Å². The van der Waals surface area contributed by atoms with Crippen LogP contribution in [0.2, 0.25) is 0 Å². The van der Waals surface area contributed by atoms with Gasteiger partial charge >= 0.3 is 0 Å². The molecule has 0 spiro atoms. The van der Waals surface area contributed by atoms with Crippen LogP contribution in [-0.4, -0.2) is 59.9 Å². The molecule has 158 valence electrons. The van der Waals surface area contributed by atoms with E-state index in [0.717, 1.165) is 41.0 Å². The molecule has 0 saturated carbocycles. The van der Waals surface area contributed by atoms with Crippen molar-refractivity contribution in [1.82, 2.24) is 25.4 Å². The second-order valence-electron chi connectivity index (χ2n) is 6.65. The Morgan fingerprint density at radius 2 is 1.97 bits per heavy atom. The van der Waals surface area contributed by atoms with Gasteiger partial charge in [0.15, 0.2) is 11.8 Å². The summed E-state index contributed by atoms with van der Waals surface area (Å²) in [6.07, 6.45) is 1.51. The molecule has 30 heavy (non-hydrogen) atoms. The van der Waals surface area contributed by atoms with E-state index in [4.69, 9.17) is 14.5 Å². The molecule has 8 heteroatoms. The van der Waals surface area contributed by atoms with E-state index >= 15 is 0 Å². The number of aromatic amines is 1. The molecule has 3 rings (SSSR count). The van der Waals surface area contributed by atoms with Gasteiger partial charge < -0.3 is 19.7 Å². The molecule has 0 fully saturated rings. The molecule has 0 unspecified atom stereocenters. The molecule has 0 amide bonds. The molecule has 0 bridgehead atoms. The van der Waals surface area contributed by atoms with Gasteiger partial charge in [-0.15, -0.1) is 0 Å². The van der Waals surface area contributed by atoms with E-state index in [9.17, 15) is 0 Å². The lowest BCUT2D eigenvalue weighted by atomic mass is 10.1. The number of aliphatic imine (C=N–C) groups is 1. The van der Waals surface area contributed by atoms with E-state index in [-0.39, 0.29) is 0 Å². The first-order valence-electron chi connectivity index (χ1n) is 9.90. The first kappa shape index (κ1) is 21.2. The van der Waals surface area contributed by atoms with Crippen LogP contribution in [0.25, 0.3) is 11.4 Å². The number of hydrogen-bond acceptors (Lipinski definition) is 5. The molecule has 0 radical (unpaired) electrons. The number of benzene rings is 2. The second-order valence-corrected chi connectivity index (χ2v) is 6.65. The third-order valence-corrected chi connectivity index (χ3v) is 4.48. The fourth-order valence-electron chi connectivity index (χ4n) is 2.88. The van der Waals surface area contributed by atoms with Crippen molar-refractivity contribution in [2.75, 3.05) is 33.9 Å². The van der Waals surface area contributed by atoms with E-state index in [1.54, 1.807) is 7.11 Å². The van der Waals surface area contributed by atoms with Crippen molar-refractivity contribution in [3.8, 4) is 22.9 Å². The van der Waals surface area contributed by atoms with Gasteiger partial charge in [-0.2, -0.15) is 5.10 Å². The maximum atomic E-state index is 5.83. The minimum Gasteiger partial charge on any atom is -0.497 e. The van der Waals surface area contributed by atoms with Crippen molar-refractivity contribution < 1.29 is 9.47 Å². The number of H-pyrrole nitrogens is 1. The van der Waals surface area contributed by atoms with Crippen molar-refractivity contribution in [2.24, 2.45) is 4.99 Å². The summed E-state index contributed by atoms with van der Waals surface area (Å²) in [6.45, 7) is 4.67. The molecule has 2 aromatic carbocycles. The molecule has 1 heterocycles. The van der Waals surface area contributed by atoms with Gasteiger partial charge in [0.25, 0.3) is 0 Å². The molecule has 0 aliphatic carbocycles. The van der Waals surface area contributed by atoms with Crippen LogP contribution < -0.4 is 14.8 Å². The Kier molecular flexibility index (Phi) is 7.65. The van der Waals surface area contributed by atoms with Gasteiger partial charge in [0.05, 0.1) is 20.2 Å². The largest absolute Gasteiger partial charge is 0.497 e. The first-order chi connectivity index (χ1) is 14.7. The summed E-state index contributed by atoms with van der Waals surface area (Å²) < 4.78 is 11.0. The van der Waals surface area contributed by atoms with Gasteiger partial charge in [0.2, 0.25) is 0 Å². The Balaban J connectivity index is 1.57. The van der Waals surface area contributed by atoms with Crippen LogP contribution in [0.1, 0.15) is 12.5 Å². The van der Waals surface area contributed by atoms with Crippen molar-refractivity contribution in [3.63, 3.8) is 0 Å². The van der Waals surface area contributed by atoms with E-state index in [0.29, 0.717) is 19.7 Å². The zero-order valence-corrected chi connectivity index (χ0v) is 17.6. The van der Waals surface area contributed by atoms with Gasteiger partial charge in [-0.25, -0.2) is 9.98 Å². The van der Waals surface area contributed by atoms with E-state index in [2.05, 4.69) is 44.5 Å². The van der Waals surface area contributed by atoms with E-state index < -0.39 is 0 Å². The molecule has 0 saturated heterocycles. The van der Waals surface area contributed by atoms with Gasteiger partial charge in [0, 0.05) is 19.2 Å². The topological polar surface area (TPSA) is 87.7 Å². The Morgan fingerprint density at radius 1 is 1.17 bits per heavy atom. The summed E-state index contributed by atoms with van der Waals surface area (Å²) in [6, 6.07) is 15.7. The van der Waals surface area contributed by atoms with Crippen molar-refractivity contribution in [2.45, 2.75) is 13.5 Å². The van der Waals surface area contributed by atoms with Crippen molar-refractivity contribution >= 4 is 5.96 Å². The van der Waals surface area contributed by atoms with Crippen LogP contribution in [0.3, 0.4) is 0 Å². The van der Waals surface area contributed by atoms with Crippen LogP contribution in [0.4, 0.5) is 0 Å². The van der Waals surface area contributed by atoms with Gasteiger partial charge in [-0.3, -0.25) is 5.10 Å². The number of aromatic nitrogens is 3. The summed E-state index contributed by atoms with van der Waals surface area (Å²) in [5.41, 5.74) is 2.09. The maximum Gasteiger partial charge on any atom is 0.194 e. The van der Waals surface area contributed by atoms with Gasteiger partial charge in [-0.05, 0) is 42.8 Å². The number of methoxy groups -OCH3 is 1. The lowest BCUT2D eigenvalue weighted by Crippen LogP contribution is -2.40. The zero-order chi connectivity index (χ0) is 21.2. The number of ether oxygens (including phenoxy) is 2. The first-order valence-corrected chi connectivity index (χ1v) is 9.90.